The minimum atomic E-state index is -2.96. The summed E-state index contributed by atoms with van der Waals surface area (Å²) in [6, 6.07) is 92.4. The molecule has 13 rings (SSSR count). The molecule has 13 aromatic rings. The molecule has 0 N–H and O–H groups in total. The molecule has 0 bridgehead atoms. The molecule has 0 fully saturated rings. The molecule has 10 aromatic carbocycles. The van der Waals surface area contributed by atoms with Gasteiger partial charge in [0.25, 0.3) is 0 Å². The number of hydrogen-bond acceptors (Lipinski definition) is 0. The third-order valence-electron chi connectivity index (χ3n) is 13.6. The lowest BCUT2D eigenvalue weighted by Crippen LogP contribution is -2.75. The van der Waals surface area contributed by atoms with E-state index in [0.29, 0.717) is 0 Å². The molecule has 0 aliphatic carbocycles. The van der Waals surface area contributed by atoms with Crippen molar-refractivity contribution in [2.75, 3.05) is 0 Å². The molecule has 0 saturated heterocycles. The molecule has 0 aliphatic rings. The van der Waals surface area contributed by atoms with Gasteiger partial charge in [-0.25, -0.2) is 0 Å². The lowest BCUT2D eigenvalue weighted by Gasteiger charge is -2.35. The van der Waals surface area contributed by atoms with Crippen LogP contribution in [0.4, 0.5) is 0 Å². The van der Waals surface area contributed by atoms with Crippen molar-refractivity contribution in [2.24, 2.45) is 0 Å². The molecule has 3 nitrogen and oxygen atoms in total. The van der Waals surface area contributed by atoms with Crippen LogP contribution in [-0.4, -0.2) is 21.8 Å². The molecule has 0 amide bonds. The van der Waals surface area contributed by atoms with E-state index in [1.165, 1.54) is 86.2 Å². The van der Waals surface area contributed by atoms with Crippen molar-refractivity contribution in [3.63, 3.8) is 0 Å². The predicted octanol–water partition coefficient (Wildman–Crippen LogP) is 12.4. The Morgan fingerprint density at radius 1 is 0.250 bits per heavy atom. The third kappa shape index (κ3) is 5.21. The zero-order chi connectivity index (χ0) is 42.2. The van der Waals surface area contributed by atoms with Crippen LogP contribution >= 0.6 is 0 Å². The first-order chi connectivity index (χ1) is 31.8. The molecule has 0 saturated carbocycles. The number of para-hydroxylation sites is 7. The van der Waals surface area contributed by atoms with Crippen molar-refractivity contribution < 1.29 is 0 Å². The van der Waals surface area contributed by atoms with Crippen LogP contribution < -0.4 is 20.7 Å². The third-order valence-corrected chi connectivity index (χ3v) is 18.4. The van der Waals surface area contributed by atoms with E-state index in [1.54, 1.807) is 0 Å². The van der Waals surface area contributed by atoms with Crippen LogP contribution in [0.2, 0.25) is 0 Å². The fourth-order valence-corrected chi connectivity index (χ4v) is 16.0. The summed E-state index contributed by atoms with van der Waals surface area (Å²) < 4.78 is 7.50. The number of fused-ring (bicyclic) bond motifs is 9. The van der Waals surface area contributed by atoms with E-state index in [4.69, 9.17) is 0 Å². The van der Waals surface area contributed by atoms with E-state index in [2.05, 4.69) is 262 Å². The smallest absolute Gasteiger partial charge is 0.181 e. The van der Waals surface area contributed by atoms with Gasteiger partial charge in [0, 0.05) is 38.0 Å². The molecule has 0 atom stereocenters. The first-order valence-corrected chi connectivity index (χ1v) is 24.1. The first-order valence-electron chi connectivity index (χ1n) is 22.1. The molecular weight excluding hydrogens is 791 g/mol. The number of aromatic nitrogens is 3. The highest BCUT2D eigenvalue weighted by Gasteiger charge is 2.43. The molecule has 300 valence electrons. The van der Waals surface area contributed by atoms with Crippen molar-refractivity contribution in [1.82, 2.24) is 13.7 Å². The normalized spacial score (nSPS) is 12.1. The summed E-state index contributed by atoms with van der Waals surface area (Å²) in [5.74, 6) is 0. The molecular formula is C60H41N3Si. The topological polar surface area (TPSA) is 14.8 Å². The summed E-state index contributed by atoms with van der Waals surface area (Å²) in [5, 5.41) is 12.9. The van der Waals surface area contributed by atoms with Crippen molar-refractivity contribution in [3.8, 4) is 17.1 Å². The maximum absolute atomic E-state index is 2.96. The number of nitrogens with zero attached hydrogens (tertiary/aromatic N) is 3. The largest absolute Gasteiger partial charge is 0.309 e. The molecule has 0 aliphatic heterocycles. The van der Waals surface area contributed by atoms with Gasteiger partial charge >= 0.3 is 0 Å². The van der Waals surface area contributed by atoms with Crippen molar-refractivity contribution in [2.45, 2.75) is 0 Å². The highest BCUT2D eigenvalue weighted by Crippen LogP contribution is 2.40. The maximum Gasteiger partial charge on any atom is 0.181 e. The second-order valence-corrected chi connectivity index (χ2v) is 20.6. The van der Waals surface area contributed by atoms with Gasteiger partial charge < -0.3 is 13.7 Å². The molecule has 64 heavy (non-hydrogen) atoms. The Kier molecular flexibility index (Phi) is 8.23. The Hall–Kier alpha value is -8.18. The van der Waals surface area contributed by atoms with Crippen LogP contribution in [-0.2, 0) is 0 Å². The summed E-state index contributed by atoms with van der Waals surface area (Å²) in [6.07, 6.45) is 0. The zero-order valence-electron chi connectivity index (χ0n) is 35.0. The van der Waals surface area contributed by atoms with Crippen LogP contribution in [0, 0.1) is 0 Å². The molecule has 4 heteroatoms. The van der Waals surface area contributed by atoms with Gasteiger partial charge in [-0.2, -0.15) is 0 Å². The summed E-state index contributed by atoms with van der Waals surface area (Å²) in [6.45, 7) is 0. The molecule has 3 heterocycles. The maximum atomic E-state index is 2.58. The Bertz CT molecular complexity index is 3750. The molecule has 0 radical (unpaired) electrons. The Morgan fingerprint density at radius 3 is 1.16 bits per heavy atom. The summed E-state index contributed by atoms with van der Waals surface area (Å²) in [7, 11) is -2.96. The monoisotopic (exact) mass is 831 g/mol. The Balaban J connectivity index is 1.13. The zero-order valence-corrected chi connectivity index (χ0v) is 36.0. The highest BCUT2D eigenvalue weighted by molar-refractivity contribution is 7.20. The van der Waals surface area contributed by atoms with Crippen molar-refractivity contribution in [3.05, 3.63) is 249 Å². The lowest BCUT2D eigenvalue weighted by molar-refractivity contribution is 1.10. The van der Waals surface area contributed by atoms with Gasteiger partial charge in [0.1, 0.15) is 0 Å². The van der Waals surface area contributed by atoms with Crippen LogP contribution in [0.15, 0.2) is 249 Å². The summed E-state index contributed by atoms with van der Waals surface area (Å²) in [4.78, 5) is 0. The van der Waals surface area contributed by atoms with E-state index in [0.717, 1.165) is 17.1 Å². The minimum absolute atomic E-state index is 1.13. The summed E-state index contributed by atoms with van der Waals surface area (Å²) in [5.41, 5.74) is 10.6. The van der Waals surface area contributed by atoms with E-state index in [-0.39, 0.29) is 0 Å². The number of benzene rings is 10. The van der Waals surface area contributed by atoms with Crippen LogP contribution in [0.1, 0.15) is 0 Å². The fourth-order valence-electron chi connectivity index (χ4n) is 11.0. The fraction of sp³-hybridized carbons (Fsp3) is 0. The second kappa shape index (κ2) is 14.5. The highest BCUT2D eigenvalue weighted by atomic mass is 28.3. The van der Waals surface area contributed by atoms with Crippen molar-refractivity contribution >= 4 is 94.2 Å². The average molecular weight is 832 g/mol. The quantitative estimate of drug-likeness (QED) is 0.112. The van der Waals surface area contributed by atoms with Gasteiger partial charge in [-0.15, -0.1) is 0 Å². The second-order valence-electron chi connectivity index (χ2n) is 16.8. The molecule has 0 spiro atoms. The Morgan fingerprint density at radius 2 is 0.625 bits per heavy atom. The molecule has 0 unspecified atom stereocenters. The number of rotatable bonds is 7. The van der Waals surface area contributed by atoms with Crippen LogP contribution in [0.25, 0.3) is 82.5 Å². The SMILES string of the molecule is c1ccc([Si](c2ccccc2)(c2ccccc2)c2cccc3c4ccccc4n(-c4ccccc4-n4c5ccccc5c5cc(-n6c7ccccc7c7ccccc76)ccc54)c23)cc1. The van der Waals surface area contributed by atoms with E-state index >= 15 is 0 Å². The van der Waals surface area contributed by atoms with Crippen LogP contribution in [0.3, 0.4) is 0 Å². The van der Waals surface area contributed by atoms with Gasteiger partial charge in [0.2, 0.25) is 0 Å². The van der Waals surface area contributed by atoms with E-state index < -0.39 is 8.07 Å². The van der Waals surface area contributed by atoms with Gasteiger partial charge in [0.05, 0.1) is 44.5 Å². The molecule has 3 aromatic heterocycles. The van der Waals surface area contributed by atoms with Gasteiger partial charge in [-0.3, -0.25) is 0 Å². The summed E-state index contributed by atoms with van der Waals surface area (Å²) >= 11 is 0. The Labute approximate surface area is 372 Å². The van der Waals surface area contributed by atoms with E-state index in [9.17, 15) is 0 Å². The van der Waals surface area contributed by atoms with Crippen LogP contribution in [0.5, 0.6) is 0 Å². The number of hydrogen-bond donors (Lipinski definition) is 0. The average Bonchev–Trinajstić information content (AvgIpc) is 4.01. The van der Waals surface area contributed by atoms with Gasteiger partial charge in [-0.05, 0) is 75.3 Å². The lowest BCUT2D eigenvalue weighted by atomic mass is 10.1. The van der Waals surface area contributed by atoms with Gasteiger partial charge in [-0.1, -0.05) is 194 Å². The van der Waals surface area contributed by atoms with Crippen molar-refractivity contribution in [1.29, 1.82) is 0 Å². The van der Waals surface area contributed by atoms with Gasteiger partial charge in [0.15, 0.2) is 8.07 Å². The predicted molar refractivity (Wildman–Crippen MR) is 273 cm³/mol. The van der Waals surface area contributed by atoms with E-state index in [1.807, 2.05) is 0 Å². The minimum Gasteiger partial charge on any atom is -0.309 e. The first kappa shape index (κ1) is 36.5. The standard InChI is InChI=1S/C60H41N3Si/c1-4-21-43(22-5-1)64(44-23-6-2-7-24-44,45-25-8-3-9-26-45)59-38-20-31-50-48-29-12-17-35-55(48)63(60(50)59)58-37-19-18-36-57(58)62-54-34-16-13-30-49(54)51-41-42(39-40-56(51)62)61-52-32-14-10-27-46(52)47-28-11-15-33-53(47)61/h1-41H.